The van der Waals surface area contributed by atoms with Crippen LogP contribution in [0.25, 0.3) is 0 Å². The number of amides is 3. The quantitative estimate of drug-likeness (QED) is 0.438. The van der Waals surface area contributed by atoms with E-state index in [0.717, 1.165) is 4.90 Å². The Balaban J connectivity index is 1.97. The van der Waals surface area contributed by atoms with Gasteiger partial charge in [-0.1, -0.05) is 24.3 Å². The number of nitrogens with one attached hydrogen (secondary N) is 3. The topological polar surface area (TPSA) is 120 Å². The third-order valence-electron chi connectivity index (χ3n) is 3.60. The van der Waals surface area contributed by atoms with E-state index < -0.39 is 24.5 Å². The monoisotopic (exact) mass is 426 g/mol. The minimum absolute atomic E-state index is 0.0676. The molecule has 3 amide bonds. The van der Waals surface area contributed by atoms with Crippen molar-refractivity contribution >= 4 is 41.0 Å². The molecule has 0 atom stereocenters. The SMILES string of the molecule is CC(C)NC(=O)Nc1ccccc1C(=O)OCC(=O)Nc1ccccc1SCC#N. The first-order chi connectivity index (χ1) is 14.4. The molecule has 0 heterocycles. The molecule has 30 heavy (non-hydrogen) atoms. The summed E-state index contributed by atoms with van der Waals surface area (Å²) >= 11 is 1.29. The molecule has 0 aliphatic carbocycles. The third-order valence-corrected chi connectivity index (χ3v) is 4.54. The predicted octanol–water partition coefficient (Wildman–Crippen LogP) is 3.63. The van der Waals surface area contributed by atoms with Gasteiger partial charge in [-0.2, -0.15) is 5.26 Å². The first-order valence-electron chi connectivity index (χ1n) is 9.13. The standard InChI is InChI=1S/C21H22N4O4S/c1-14(2)23-21(28)25-16-8-4-3-7-15(16)20(27)29-13-19(26)24-17-9-5-6-10-18(17)30-12-11-22/h3-10,14H,12-13H2,1-2H3,(H,24,26)(H2,23,25,28). The second-order valence-electron chi connectivity index (χ2n) is 6.37. The Bertz CT molecular complexity index is 956. The minimum atomic E-state index is -0.738. The van der Waals surface area contributed by atoms with E-state index in [1.807, 2.05) is 19.9 Å². The fourth-order valence-electron chi connectivity index (χ4n) is 2.39. The zero-order valence-electron chi connectivity index (χ0n) is 16.6. The van der Waals surface area contributed by atoms with Crippen LogP contribution in [0.5, 0.6) is 0 Å². The summed E-state index contributed by atoms with van der Waals surface area (Å²) in [5.41, 5.74) is 0.944. The number of nitrogens with zero attached hydrogens (tertiary/aromatic N) is 1. The van der Waals surface area contributed by atoms with Gasteiger partial charge in [0.2, 0.25) is 0 Å². The number of hydrogen-bond donors (Lipinski definition) is 3. The molecule has 0 aliphatic heterocycles. The molecule has 2 rings (SSSR count). The summed E-state index contributed by atoms with van der Waals surface area (Å²) in [4.78, 5) is 37.3. The summed E-state index contributed by atoms with van der Waals surface area (Å²) in [5, 5.41) is 16.7. The summed E-state index contributed by atoms with van der Waals surface area (Å²) in [5.74, 6) is -1.01. The number of benzene rings is 2. The maximum absolute atomic E-state index is 12.4. The molecule has 0 saturated heterocycles. The molecule has 0 aromatic heterocycles. The second-order valence-corrected chi connectivity index (χ2v) is 7.38. The Hall–Kier alpha value is -3.51. The molecule has 2 aromatic rings. The lowest BCUT2D eigenvalue weighted by molar-refractivity contribution is -0.119. The first-order valence-corrected chi connectivity index (χ1v) is 10.1. The number of esters is 1. The molecule has 0 aliphatic rings. The van der Waals surface area contributed by atoms with Gasteiger partial charge < -0.3 is 20.7 Å². The Morgan fingerprint density at radius 1 is 1.03 bits per heavy atom. The van der Waals surface area contributed by atoms with Crippen molar-refractivity contribution < 1.29 is 19.1 Å². The van der Waals surface area contributed by atoms with E-state index in [2.05, 4.69) is 16.0 Å². The van der Waals surface area contributed by atoms with Crippen molar-refractivity contribution in [2.45, 2.75) is 24.8 Å². The summed E-state index contributed by atoms with van der Waals surface area (Å²) < 4.78 is 5.10. The number of carbonyl (C=O) groups is 3. The molecule has 0 saturated carbocycles. The largest absolute Gasteiger partial charge is 0.452 e. The first kappa shape index (κ1) is 22.8. The number of para-hydroxylation sites is 2. The maximum atomic E-state index is 12.4. The van der Waals surface area contributed by atoms with Gasteiger partial charge in [-0.15, -0.1) is 11.8 Å². The summed E-state index contributed by atoms with van der Waals surface area (Å²) in [6.07, 6.45) is 0. The average Bonchev–Trinajstić information content (AvgIpc) is 2.71. The molecule has 156 valence electrons. The Morgan fingerprint density at radius 3 is 2.40 bits per heavy atom. The molecular formula is C21H22N4O4S. The van der Waals surface area contributed by atoms with Gasteiger partial charge >= 0.3 is 12.0 Å². The number of hydrogen-bond acceptors (Lipinski definition) is 6. The summed E-state index contributed by atoms with van der Waals surface area (Å²) in [6.45, 7) is 3.13. The molecular weight excluding hydrogens is 404 g/mol. The fourth-order valence-corrected chi connectivity index (χ4v) is 3.06. The van der Waals surface area contributed by atoms with E-state index in [0.29, 0.717) is 5.69 Å². The lowest BCUT2D eigenvalue weighted by Gasteiger charge is -2.13. The van der Waals surface area contributed by atoms with E-state index in [1.165, 1.54) is 17.8 Å². The van der Waals surface area contributed by atoms with Gasteiger partial charge in [0.05, 0.1) is 28.8 Å². The highest BCUT2D eigenvalue weighted by Gasteiger charge is 2.16. The Morgan fingerprint density at radius 2 is 1.70 bits per heavy atom. The van der Waals surface area contributed by atoms with Crippen molar-refractivity contribution in [3.05, 3.63) is 54.1 Å². The Labute approximate surface area is 179 Å². The number of carbonyl (C=O) groups excluding carboxylic acids is 3. The zero-order chi connectivity index (χ0) is 21.9. The molecule has 0 unspecified atom stereocenters. The highest BCUT2D eigenvalue weighted by molar-refractivity contribution is 7.99. The van der Waals surface area contributed by atoms with Gasteiger partial charge in [-0.05, 0) is 38.1 Å². The van der Waals surface area contributed by atoms with Gasteiger partial charge in [0.25, 0.3) is 5.91 Å². The van der Waals surface area contributed by atoms with E-state index in [-0.39, 0.29) is 23.0 Å². The number of ether oxygens (including phenoxy) is 1. The van der Waals surface area contributed by atoms with Crippen molar-refractivity contribution in [1.82, 2.24) is 5.32 Å². The van der Waals surface area contributed by atoms with E-state index in [9.17, 15) is 14.4 Å². The third kappa shape index (κ3) is 7.14. The number of rotatable bonds is 8. The van der Waals surface area contributed by atoms with Crippen LogP contribution in [0.1, 0.15) is 24.2 Å². The fraction of sp³-hybridized carbons (Fsp3) is 0.238. The molecule has 0 spiro atoms. The lowest BCUT2D eigenvalue weighted by Crippen LogP contribution is -2.34. The number of nitriles is 1. The number of anilines is 2. The molecule has 0 fully saturated rings. The summed E-state index contributed by atoms with van der Waals surface area (Å²) in [6, 6.07) is 14.9. The van der Waals surface area contributed by atoms with Gasteiger partial charge in [0, 0.05) is 10.9 Å². The molecule has 2 aromatic carbocycles. The average molecular weight is 426 g/mol. The van der Waals surface area contributed by atoms with Crippen LogP contribution in [0.4, 0.5) is 16.2 Å². The Kier molecular flexibility index (Phi) is 8.72. The van der Waals surface area contributed by atoms with Crippen LogP contribution in [0.3, 0.4) is 0 Å². The van der Waals surface area contributed by atoms with Crippen molar-refractivity contribution in [1.29, 1.82) is 5.26 Å². The van der Waals surface area contributed by atoms with Crippen molar-refractivity contribution in [3.63, 3.8) is 0 Å². The normalized spacial score (nSPS) is 10.1. The summed E-state index contributed by atoms with van der Waals surface area (Å²) in [7, 11) is 0. The number of thioether (sulfide) groups is 1. The van der Waals surface area contributed by atoms with Crippen LogP contribution in [-0.4, -0.2) is 36.3 Å². The molecule has 3 N–H and O–H groups in total. The van der Waals surface area contributed by atoms with Crippen LogP contribution in [0, 0.1) is 11.3 Å². The van der Waals surface area contributed by atoms with Gasteiger partial charge in [-0.25, -0.2) is 9.59 Å². The van der Waals surface area contributed by atoms with Crippen LogP contribution < -0.4 is 16.0 Å². The van der Waals surface area contributed by atoms with Crippen LogP contribution >= 0.6 is 11.8 Å². The van der Waals surface area contributed by atoms with E-state index >= 15 is 0 Å². The van der Waals surface area contributed by atoms with Crippen molar-refractivity contribution in [2.75, 3.05) is 23.0 Å². The smallest absolute Gasteiger partial charge is 0.340 e. The predicted molar refractivity (Wildman–Crippen MR) is 115 cm³/mol. The molecule has 9 heteroatoms. The van der Waals surface area contributed by atoms with Crippen LogP contribution in [0.15, 0.2) is 53.4 Å². The molecule has 8 nitrogen and oxygen atoms in total. The molecule has 0 bridgehead atoms. The maximum Gasteiger partial charge on any atom is 0.340 e. The van der Waals surface area contributed by atoms with E-state index in [1.54, 1.807) is 42.5 Å². The van der Waals surface area contributed by atoms with Gasteiger partial charge in [0.1, 0.15) is 0 Å². The van der Waals surface area contributed by atoms with Crippen LogP contribution in [0.2, 0.25) is 0 Å². The second kappa shape index (κ2) is 11.5. The highest BCUT2D eigenvalue weighted by atomic mass is 32.2. The highest BCUT2D eigenvalue weighted by Crippen LogP contribution is 2.26. The van der Waals surface area contributed by atoms with Gasteiger partial charge in [0.15, 0.2) is 6.61 Å². The molecule has 0 radical (unpaired) electrons. The van der Waals surface area contributed by atoms with Gasteiger partial charge in [-0.3, -0.25) is 4.79 Å². The van der Waals surface area contributed by atoms with Crippen molar-refractivity contribution in [3.8, 4) is 6.07 Å². The zero-order valence-corrected chi connectivity index (χ0v) is 17.4. The van der Waals surface area contributed by atoms with Crippen molar-refractivity contribution in [2.24, 2.45) is 0 Å². The minimum Gasteiger partial charge on any atom is -0.452 e. The lowest BCUT2D eigenvalue weighted by atomic mass is 10.2. The number of urea groups is 1. The van der Waals surface area contributed by atoms with E-state index in [4.69, 9.17) is 10.00 Å². The van der Waals surface area contributed by atoms with Crippen LogP contribution in [-0.2, 0) is 9.53 Å².